The number of rotatable bonds is 7. The van der Waals surface area contributed by atoms with Gasteiger partial charge in [-0.1, -0.05) is 12.1 Å². The van der Waals surface area contributed by atoms with Gasteiger partial charge in [0.05, 0.1) is 12.1 Å². The third-order valence-corrected chi connectivity index (χ3v) is 4.03. The molecule has 0 aliphatic rings. The molecule has 2 aromatic heterocycles. The molecule has 0 aliphatic carbocycles. The number of carbonyl (C=O) groups excluding carboxylic acids is 2. The Morgan fingerprint density at radius 3 is 2.57 bits per heavy atom. The Morgan fingerprint density at radius 1 is 1.07 bits per heavy atom. The summed E-state index contributed by atoms with van der Waals surface area (Å²) in [6.45, 7) is 3.40. The van der Waals surface area contributed by atoms with E-state index in [2.05, 4.69) is 31.1 Å². The average Bonchev–Trinajstić information content (AvgIpc) is 3.20. The highest BCUT2D eigenvalue weighted by atomic mass is 16.2. The molecular formula is C19H21N7O2. The number of benzene rings is 1. The summed E-state index contributed by atoms with van der Waals surface area (Å²) in [6.07, 6.45) is 4.75. The number of urea groups is 1. The van der Waals surface area contributed by atoms with Gasteiger partial charge < -0.3 is 20.5 Å². The molecule has 2 heterocycles. The molecule has 0 saturated carbocycles. The smallest absolute Gasteiger partial charge is 0.315 e. The van der Waals surface area contributed by atoms with Crippen molar-refractivity contribution < 1.29 is 9.59 Å². The topological polar surface area (TPSA) is 114 Å². The molecule has 0 spiro atoms. The number of aryl methyl sites for hydroxylation is 1. The zero-order valence-electron chi connectivity index (χ0n) is 15.4. The zero-order chi connectivity index (χ0) is 19.8. The maximum absolute atomic E-state index is 12.1. The molecule has 0 atom stereocenters. The van der Waals surface area contributed by atoms with Gasteiger partial charge >= 0.3 is 6.03 Å². The van der Waals surface area contributed by atoms with E-state index in [0.29, 0.717) is 30.2 Å². The summed E-state index contributed by atoms with van der Waals surface area (Å²) < 4.78 is 1.86. The van der Waals surface area contributed by atoms with Crippen molar-refractivity contribution in [3.05, 3.63) is 72.1 Å². The van der Waals surface area contributed by atoms with Crippen molar-refractivity contribution in [1.29, 1.82) is 0 Å². The summed E-state index contributed by atoms with van der Waals surface area (Å²) in [5, 5.41) is 16.1. The van der Waals surface area contributed by atoms with Crippen LogP contribution in [0.3, 0.4) is 0 Å². The number of pyridine rings is 1. The van der Waals surface area contributed by atoms with Gasteiger partial charge in [-0.2, -0.15) is 0 Å². The van der Waals surface area contributed by atoms with Crippen LogP contribution in [0.15, 0.2) is 55.1 Å². The lowest BCUT2D eigenvalue weighted by Gasteiger charge is -2.09. The van der Waals surface area contributed by atoms with Crippen molar-refractivity contribution in [1.82, 2.24) is 30.4 Å². The summed E-state index contributed by atoms with van der Waals surface area (Å²) in [5.41, 5.74) is 2.07. The summed E-state index contributed by atoms with van der Waals surface area (Å²) in [6, 6.07) is 10.4. The van der Waals surface area contributed by atoms with Crippen molar-refractivity contribution in [2.45, 2.75) is 26.6 Å². The molecule has 0 fully saturated rings. The van der Waals surface area contributed by atoms with E-state index in [9.17, 15) is 9.59 Å². The number of aromatic nitrogens is 4. The van der Waals surface area contributed by atoms with Crippen LogP contribution < -0.4 is 16.0 Å². The highest BCUT2D eigenvalue weighted by molar-refractivity contribution is 6.03. The minimum absolute atomic E-state index is 0.224. The fourth-order valence-corrected chi connectivity index (χ4v) is 2.49. The molecule has 3 amide bonds. The minimum Gasteiger partial charge on any atom is -0.334 e. The van der Waals surface area contributed by atoms with E-state index >= 15 is 0 Å². The van der Waals surface area contributed by atoms with Crippen LogP contribution in [0.5, 0.6) is 0 Å². The quantitative estimate of drug-likeness (QED) is 0.580. The lowest BCUT2D eigenvalue weighted by molar-refractivity contribution is 0.102. The predicted molar refractivity (Wildman–Crippen MR) is 103 cm³/mol. The van der Waals surface area contributed by atoms with E-state index in [4.69, 9.17) is 0 Å². The first-order valence-electron chi connectivity index (χ1n) is 8.84. The molecule has 144 valence electrons. The molecule has 0 bridgehead atoms. The number of amides is 3. The van der Waals surface area contributed by atoms with Crippen LogP contribution in [-0.4, -0.2) is 31.7 Å². The van der Waals surface area contributed by atoms with Gasteiger partial charge in [-0.15, -0.1) is 10.2 Å². The van der Waals surface area contributed by atoms with Crippen molar-refractivity contribution in [3.8, 4) is 0 Å². The van der Waals surface area contributed by atoms with Crippen LogP contribution in [-0.2, 0) is 19.6 Å². The van der Waals surface area contributed by atoms with Crippen molar-refractivity contribution in [2.75, 3.05) is 5.32 Å². The highest BCUT2D eigenvalue weighted by Crippen LogP contribution is 2.11. The number of anilines is 1. The van der Waals surface area contributed by atoms with Gasteiger partial charge in [-0.05, 0) is 36.8 Å². The fraction of sp³-hybridized carbons (Fsp3) is 0.211. The van der Waals surface area contributed by atoms with Gasteiger partial charge in [0.15, 0.2) is 5.82 Å². The Balaban J connectivity index is 1.45. The molecule has 3 aromatic rings. The second-order valence-corrected chi connectivity index (χ2v) is 5.96. The predicted octanol–water partition coefficient (Wildman–Crippen LogP) is 1.94. The molecule has 0 radical (unpaired) electrons. The number of carbonyl (C=O) groups is 2. The Labute approximate surface area is 162 Å². The molecule has 1 aromatic carbocycles. The Hall–Kier alpha value is -3.75. The number of nitrogens with zero attached hydrogens (tertiary/aromatic N) is 4. The van der Waals surface area contributed by atoms with Crippen LogP contribution in [0.2, 0.25) is 0 Å². The highest BCUT2D eigenvalue weighted by Gasteiger charge is 2.07. The van der Waals surface area contributed by atoms with Gasteiger partial charge in [0.2, 0.25) is 0 Å². The van der Waals surface area contributed by atoms with E-state index in [1.165, 1.54) is 6.20 Å². The third-order valence-electron chi connectivity index (χ3n) is 4.03. The first-order valence-corrected chi connectivity index (χ1v) is 8.84. The van der Waals surface area contributed by atoms with Gasteiger partial charge in [-0.25, -0.2) is 4.79 Å². The molecule has 9 nitrogen and oxygen atoms in total. The first kappa shape index (κ1) is 19.0. The van der Waals surface area contributed by atoms with Crippen LogP contribution in [0, 0.1) is 0 Å². The average molecular weight is 379 g/mol. The van der Waals surface area contributed by atoms with Crippen molar-refractivity contribution >= 4 is 17.6 Å². The summed E-state index contributed by atoms with van der Waals surface area (Å²) in [7, 11) is 0. The van der Waals surface area contributed by atoms with Gasteiger partial charge in [0, 0.05) is 31.2 Å². The zero-order valence-corrected chi connectivity index (χ0v) is 15.4. The normalized spacial score (nSPS) is 10.3. The van der Waals surface area contributed by atoms with Crippen LogP contribution in [0.25, 0.3) is 0 Å². The number of hydrogen-bond acceptors (Lipinski definition) is 5. The van der Waals surface area contributed by atoms with Crippen LogP contribution in [0.1, 0.15) is 28.7 Å². The maximum Gasteiger partial charge on any atom is 0.315 e. The molecule has 9 heteroatoms. The van der Waals surface area contributed by atoms with E-state index in [0.717, 1.165) is 12.1 Å². The number of nitrogens with one attached hydrogen (secondary N) is 3. The van der Waals surface area contributed by atoms with Gasteiger partial charge in [0.1, 0.15) is 6.33 Å². The molecule has 3 rings (SSSR count). The van der Waals surface area contributed by atoms with Crippen molar-refractivity contribution in [2.24, 2.45) is 0 Å². The Bertz CT molecular complexity index is 923. The first-order chi connectivity index (χ1) is 13.7. The lowest BCUT2D eigenvalue weighted by atomic mass is 10.2. The molecule has 28 heavy (non-hydrogen) atoms. The third kappa shape index (κ3) is 5.13. The maximum atomic E-state index is 12.1. The number of hydrogen-bond donors (Lipinski definition) is 3. The summed E-state index contributed by atoms with van der Waals surface area (Å²) >= 11 is 0. The SMILES string of the molecule is CCn1cnnc1CNC(=O)NCc1ccc(NC(=O)c2cccnc2)cc1. The van der Waals surface area contributed by atoms with E-state index < -0.39 is 0 Å². The van der Waals surface area contributed by atoms with Gasteiger partial charge in [0.25, 0.3) is 5.91 Å². The minimum atomic E-state index is -0.292. The second kappa shape index (κ2) is 9.26. The molecule has 0 saturated heterocycles. The molecule has 0 unspecified atom stereocenters. The lowest BCUT2D eigenvalue weighted by Crippen LogP contribution is -2.35. The second-order valence-electron chi connectivity index (χ2n) is 5.96. The molecule has 0 aliphatic heterocycles. The van der Waals surface area contributed by atoms with Crippen LogP contribution >= 0.6 is 0 Å². The van der Waals surface area contributed by atoms with E-state index in [-0.39, 0.29) is 11.9 Å². The Morgan fingerprint density at radius 2 is 1.86 bits per heavy atom. The molecule has 3 N–H and O–H groups in total. The monoisotopic (exact) mass is 379 g/mol. The summed E-state index contributed by atoms with van der Waals surface area (Å²) in [5.74, 6) is 0.477. The Kier molecular flexibility index (Phi) is 6.29. The largest absolute Gasteiger partial charge is 0.334 e. The van der Waals surface area contributed by atoms with Crippen molar-refractivity contribution in [3.63, 3.8) is 0 Å². The van der Waals surface area contributed by atoms with Gasteiger partial charge in [-0.3, -0.25) is 9.78 Å². The summed E-state index contributed by atoms with van der Waals surface area (Å²) in [4.78, 5) is 28.0. The van der Waals surface area contributed by atoms with Crippen LogP contribution in [0.4, 0.5) is 10.5 Å². The molecular weight excluding hydrogens is 358 g/mol. The fourth-order valence-electron chi connectivity index (χ4n) is 2.49. The van der Waals surface area contributed by atoms with E-state index in [1.54, 1.807) is 36.8 Å². The van der Waals surface area contributed by atoms with E-state index in [1.807, 2.05) is 23.6 Å². The standard InChI is InChI=1S/C19H21N7O2/c1-2-26-13-23-25-17(26)12-22-19(28)21-10-14-5-7-16(8-6-14)24-18(27)15-4-3-9-20-11-15/h3-9,11,13H,2,10,12H2,1H3,(H,24,27)(H2,21,22,28).